The highest BCUT2D eigenvalue weighted by Crippen LogP contribution is 2.40. The molecule has 2 atom stereocenters. The van der Waals surface area contributed by atoms with E-state index in [9.17, 15) is 13.2 Å². The molecular formula is C13H19N7O6S. The van der Waals surface area contributed by atoms with Crippen molar-refractivity contribution < 1.29 is 26.5 Å². The van der Waals surface area contributed by atoms with Crippen LogP contribution in [0, 0.1) is 5.41 Å². The first-order chi connectivity index (χ1) is 12.7. The molecule has 148 valence electrons. The zero-order valence-electron chi connectivity index (χ0n) is 14.1. The lowest BCUT2D eigenvalue weighted by Crippen LogP contribution is -2.46. The standard InChI is InChI=1S/C13H19N7O6S/c14-12(15)16-7-3-6(4-7)10-17-18-11(25-10)9-2-1-8-5-19(9)13(21)20(8)26-27(22,23)24/h6-9H,1-5H2,(H4,14,15,16)(H,22,23,24)/t6-,7-,8-,9+/m1/s1. The zero-order chi connectivity index (χ0) is 19.3. The molecule has 1 aromatic heterocycles. The number of hydroxylamine groups is 2. The third kappa shape index (κ3) is 3.42. The lowest BCUT2D eigenvalue weighted by atomic mass is 9.80. The van der Waals surface area contributed by atoms with Gasteiger partial charge in [0.25, 0.3) is 0 Å². The van der Waals surface area contributed by atoms with E-state index in [1.165, 1.54) is 4.90 Å². The molecule has 14 heteroatoms. The van der Waals surface area contributed by atoms with Crippen LogP contribution in [-0.2, 0) is 14.7 Å². The Morgan fingerprint density at radius 2 is 2.04 bits per heavy atom. The smallest absolute Gasteiger partial charge is 0.418 e. The minimum absolute atomic E-state index is 0.0630. The summed E-state index contributed by atoms with van der Waals surface area (Å²) < 4.78 is 40.9. The van der Waals surface area contributed by atoms with Crippen molar-refractivity contribution in [3.63, 3.8) is 0 Å². The number of amides is 2. The maximum Gasteiger partial charge on any atom is 0.418 e. The Kier molecular flexibility index (Phi) is 4.20. The number of carbonyl (C=O) groups is 1. The highest BCUT2D eigenvalue weighted by molar-refractivity contribution is 7.80. The number of fused-ring (bicyclic) bond motifs is 2. The van der Waals surface area contributed by atoms with Crippen LogP contribution in [0.15, 0.2) is 4.42 Å². The molecule has 13 nitrogen and oxygen atoms in total. The van der Waals surface area contributed by atoms with Gasteiger partial charge in [-0.25, -0.2) is 4.79 Å². The number of guanidine groups is 1. The van der Waals surface area contributed by atoms with Crippen LogP contribution in [0.4, 0.5) is 4.79 Å². The molecule has 2 saturated heterocycles. The first-order valence-electron chi connectivity index (χ1n) is 8.42. The van der Waals surface area contributed by atoms with Crippen molar-refractivity contribution in [3.8, 4) is 0 Å². The predicted octanol–water partition coefficient (Wildman–Crippen LogP) is -0.526. The molecule has 2 aliphatic heterocycles. The van der Waals surface area contributed by atoms with Gasteiger partial charge in [0.2, 0.25) is 11.8 Å². The number of carbonyl (C=O) groups excluding carboxylic acids is 1. The Hall–Kier alpha value is -2.45. The summed E-state index contributed by atoms with van der Waals surface area (Å²) in [4.78, 5) is 13.8. The van der Waals surface area contributed by atoms with Gasteiger partial charge in [0.05, 0.1) is 6.04 Å². The van der Waals surface area contributed by atoms with E-state index in [1.807, 2.05) is 0 Å². The van der Waals surface area contributed by atoms with Crippen LogP contribution in [0.2, 0.25) is 0 Å². The minimum atomic E-state index is -4.78. The van der Waals surface area contributed by atoms with Gasteiger partial charge in [-0.15, -0.1) is 14.5 Å². The van der Waals surface area contributed by atoms with Crippen LogP contribution in [0.1, 0.15) is 49.4 Å². The molecular weight excluding hydrogens is 382 g/mol. The third-order valence-electron chi connectivity index (χ3n) is 5.09. The fraction of sp³-hybridized carbons (Fsp3) is 0.692. The summed E-state index contributed by atoms with van der Waals surface area (Å²) in [5, 5.41) is 18.8. The summed E-state index contributed by atoms with van der Waals surface area (Å²) in [5.74, 6) is 0.735. The molecule has 1 aliphatic carbocycles. The minimum Gasteiger partial charge on any atom is -0.423 e. The lowest BCUT2D eigenvalue weighted by molar-refractivity contribution is -0.0317. The van der Waals surface area contributed by atoms with Crippen LogP contribution in [-0.4, -0.2) is 63.8 Å². The quantitative estimate of drug-likeness (QED) is 0.284. The van der Waals surface area contributed by atoms with Crippen molar-refractivity contribution >= 4 is 22.4 Å². The zero-order valence-corrected chi connectivity index (χ0v) is 14.9. The van der Waals surface area contributed by atoms with E-state index in [0.29, 0.717) is 36.6 Å². The van der Waals surface area contributed by atoms with Gasteiger partial charge in [-0.1, -0.05) is 0 Å². The van der Waals surface area contributed by atoms with Crippen molar-refractivity contribution in [3.05, 3.63) is 11.8 Å². The first kappa shape index (κ1) is 17.9. The number of rotatable bonds is 5. The second kappa shape index (κ2) is 6.31. The summed E-state index contributed by atoms with van der Waals surface area (Å²) in [6.07, 6.45) is 2.40. The summed E-state index contributed by atoms with van der Waals surface area (Å²) in [6.45, 7) is 0.241. The molecule has 0 spiro atoms. The summed E-state index contributed by atoms with van der Waals surface area (Å²) >= 11 is 0. The topological polar surface area (TPSA) is 188 Å². The van der Waals surface area contributed by atoms with E-state index in [-0.39, 0.29) is 30.4 Å². The van der Waals surface area contributed by atoms with Crippen LogP contribution in [0.25, 0.3) is 0 Å². The van der Waals surface area contributed by atoms with E-state index in [0.717, 1.165) is 0 Å². The maximum absolute atomic E-state index is 12.4. The normalized spacial score (nSPS) is 30.3. The number of piperidine rings is 1. The molecule has 0 aromatic carbocycles. The Balaban J connectivity index is 1.43. The highest BCUT2D eigenvalue weighted by atomic mass is 32.3. The van der Waals surface area contributed by atoms with Gasteiger partial charge < -0.3 is 20.4 Å². The van der Waals surface area contributed by atoms with E-state index in [2.05, 4.69) is 19.8 Å². The number of urea groups is 1. The summed E-state index contributed by atoms with van der Waals surface area (Å²) in [5.41, 5.74) is 5.30. The van der Waals surface area contributed by atoms with Gasteiger partial charge in [0.1, 0.15) is 6.04 Å². The molecule has 2 amide bonds. The van der Waals surface area contributed by atoms with Crippen molar-refractivity contribution in [1.82, 2.24) is 25.5 Å². The molecule has 3 aliphatic rings. The number of nitrogens with zero attached hydrogens (tertiary/aromatic N) is 4. The first-order valence-corrected chi connectivity index (χ1v) is 9.78. The summed E-state index contributed by atoms with van der Waals surface area (Å²) in [6, 6.07) is -1.52. The van der Waals surface area contributed by atoms with Crippen molar-refractivity contribution in [1.29, 1.82) is 5.41 Å². The number of aromatic nitrogens is 2. The van der Waals surface area contributed by atoms with E-state index in [1.54, 1.807) is 0 Å². The number of nitrogens with one attached hydrogen (secondary N) is 2. The average Bonchev–Trinajstić information content (AvgIpc) is 3.10. The second-order valence-electron chi connectivity index (χ2n) is 6.91. The maximum atomic E-state index is 12.4. The monoisotopic (exact) mass is 401 g/mol. The SMILES string of the molecule is N=C(N)N[C@H]1C[C@H](c2nnc([C@@H]3CC[C@@H]4CN3C(=O)N4OS(=O)(=O)O)o2)C1. The third-order valence-corrected chi connectivity index (χ3v) is 5.43. The van der Waals surface area contributed by atoms with E-state index < -0.39 is 28.5 Å². The van der Waals surface area contributed by atoms with Crippen molar-refractivity contribution in [2.45, 2.75) is 49.7 Å². The van der Waals surface area contributed by atoms with Crippen LogP contribution in [0.5, 0.6) is 0 Å². The van der Waals surface area contributed by atoms with Crippen LogP contribution < -0.4 is 11.1 Å². The molecule has 3 fully saturated rings. The molecule has 2 bridgehead atoms. The van der Waals surface area contributed by atoms with Gasteiger partial charge in [-0.2, -0.15) is 13.5 Å². The van der Waals surface area contributed by atoms with Crippen molar-refractivity contribution in [2.75, 3.05) is 6.54 Å². The Morgan fingerprint density at radius 3 is 2.70 bits per heavy atom. The van der Waals surface area contributed by atoms with Gasteiger partial charge in [0, 0.05) is 18.5 Å². The van der Waals surface area contributed by atoms with E-state index in [4.69, 9.17) is 20.1 Å². The molecule has 5 N–H and O–H groups in total. The highest BCUT2D eigenvalue weighted by Gasteiger charge is 2.49. The number of hydrogen-bond acceptors (Lipinski definition) is 8. The fourth-order valence-electron chi connectivity index (χ4n) is 3.79. The molecule has 27 heavy (non-hydrogen) atoms. The second-order valence-corrected chi connectivity index (χ2v) is 7.92. The molecule has 0 unspecified atom stereocenters. The lowest BCUT2D eigenvalue weighted by Gasteiger charge is -2.33. The van der Waals surface area contributed by atoms with Gasteiger partial charge in [-0.3, -0.25) is 9.96 Å². The Bertz CT molecular complexity index is 866. The van der Waals surface area contributed by atoms with Crippen LogP contribution >= 0.6 is 0 Å². The number of nitrogens with two attached hydrogens (primary N) is 1. The van der Waals surface area contributed by atoms with Crippen LogP contribution in [0.3, 0.4) is 0 Å². The number of hydrogen-bond donors (Lipinski definition) is 4. The van der Waals surface area contributed by atoms with Gasteiger partial charge in [0.15, 0.2) is 5.96 Å². The van der Waals surface area contributed by atoms with Crippen molar-refractivity contribution in [2.24, 2.45) is 5.73 Å². The predicted molar refractivity (Wildman–Crippen MR) is 87.4 cm³/mol. The molecule has 3 heterocycles. The molecule has 1 aromatic rings. The molecule has 0 radical (unpaired) electrons. The summed E-state index contributed by atoms with van der Waals surface area (Å²) in [7, 11) is -4.78. The van der Waals surface area contributed by atoms with Gasteiger partial charge >= 0.3 is 16.4 Å². The van der Waals surface area contributed by atoms with Gasteiger partial charge in [-0.05, 0) is 25.7 Å². The molecule has 4 rings (SSSR count). The average molecular weight is 401 g/mol. The Labute approximate surface area is 154 Å². The van der Waals surface area contributed by atoms with E-state index >= 15 is 0 Å². The Morgan fingerprint density at radius 1 is 1.33 bits per heavy atom. The molecule has 1 saturated carbocycles. The fourth-order valence-corrected chi connectivity index (χ4v) is 4.18. The largest absolute Gasteiger partial charge is 0.423 e.